The molecule has 0 radical (unpaired) electrons. The van der Waals surface area contributed by atoms with Gasteiger partial charge in [0.25, 0.3) is 5.91 Å². The Morgan fingerprint density at radius 1 is 1.14 bits per heavy atom. The van der Waals surface area contributed by atoms with Crippen LogP contribution in [0, 0.1) is 5.82 Å². The molecule has 1 saturated heterocycles. The number of amides is 1. The first-order chi connectivity index (χ1) is 13.3. The van der Waals surface area contributed by atoms with Gasteiger partial charge in [-0.05, 0) is 30.3 Å². The van der Waals surface area contributed by atoms with Crippen molar-refractivity contribution in [3.8, 4) is 5.75 Å². The van der Waals surface area contributed by atoms with Crippen LogP contribution in [0.5, 0.6) is 5.75 Å². The Bertz CT molecular complexity index is 981. The third kappa shape index (κ3) is 4.65. The van der Waals surface area contributed by atoms with Gasteiger partial charge in [0.2, 0.25) is 10.0 Å². The van der Waals surface area contributed by atoms with E-state index in [1.165, 1.54) is 33.5 Å². The largest absolute Gasteiger partial charge is 0.481 e. The average Bonchev–Trinajstić information content (AvgIpc) is 2.67. The van der Waals surface area contributed by atoms with Crippen molar-refractivity contribution in [1.82, 2.24) is 9.21 Å². The quantitative estimate of drug-likeness (QED) is 0.644. The lowest BCUT2D eigenvalue weighted by atomic mass is 10.3. The molecule has 1 amide bonds. The molecule has 0 saturated carbocycles. The fourth-order valence-corrected chi connectivity index (χ4v) is 5.04. The number of carbonyl (C=O) groups is 1. The molecule has 28 heavy (non-hydrogen) atoms. The smallest absolute Gasteiger partial charge is 0.260 e. The maximum Gasteiger partial charge on any atom is 0.260 e. The Morgan fingerprint density at radius 2 is 1.82 bits per heavy atom. The second-order valence-corrected chi connectivity index (χ2v) is 9.31. The number of benzene rings is 2. The van der Waals surface area contributed by atoms with Crippen LogP contribution in [-0.2, 0) is 14.8 Å². The molecule has 0 atom stereocenters. The van der Waals surface area contributed by atoms with Crippen LogP contribution >= 0.6 is 27.5 Å². The molecule has 0 N–H and O–H groups in total. The van der Waals surface area contributed by atoms with Crippen LogP contribution in [0.25, 0.3) is 0 Å². The summed E-state index contributed by atoms with van der Waals surface area (Å²) in [6.45, 7) is 0.400. The van der Waals surface area contributed by atoms with Gasteiger partial charge in [-0.15, -0.1) is 0 Å². The number of hydrogen-bond donors (Lipinski definition) is 0. The third-order valence-corrected chi connectivity index (χ3v) is 7.18. The zero-order chi connectivity index (χ0) is 20.3. The first-order valence-electron chi connectivity index (χ1n) is 8.39. The molecular weight excluding hydrogens is 475 g/mol. The van der Waals surface area contributed by atoms with Crippen molar-refractivity contribution in [3.63, 3.8) is 0 Å². The summed E-state index contributed by atoms with van der Waals surface area (Å²) < 4.78 is 46.3. The van der Waals surface area contributed by atoms with Gasteiger partial charge in [-0.3, -0.25) is 4.79 Å². The van der Waals surface area contributed by atoms with Crippen LogP contribution in [0.15, 0.2) is 51.8 Å². The number of sulfonamides is 1. The fourth-order valence-electron chi connectivity index (χ4n) is 2.79. The van der Waals surface area contributed by atoms with E-state index >= 15 is 0 Å². The van der Waals surface area contributed by atoms with Crippen molar-refractivity contribution in [1.29, 1.82) is 0 Å². The van der Waals surface area contributed by atoms with Gasteiger partial charge in [-0.2, -0.15) is 4.31 Å². The minimum absolute atomic E-state index is 0.0171. The highest BCUT2D eigenvalue weighted by molar-refractivity contribution is 9.10. The molecule has 0 aromatic heterocycles. The minimum Gasteiger partial charge on any atom is -0.481 e. The van der Waals surface area contributed by atoms with Crippen LogP contribution in [0.4, 0.5) is 4.39 Å². The molecular formula is C18H17BrClFN2O4S. The lowest BCUT2D eigenvalue weighted by molar-refractivity contribution is -0.134. The summed E-state index contributed by atoms with van der Waals surface area (Å²) in [4.78, 5) is 13.9. The minimum atomic E-state index is -3.73. The van der Waals surface area contributed by atoms with Crippen LogP contribution < -0.4 is 4.74 Å². The second kappa shape index (κ2) is 8.77. The molecule has 10 heteroatoms. The van der Waals surface area contributed by atoms with Gasteiger partial charge in [-0.1, -0.05) is 39.7 Å². The van der Waals surface area contributed by atoms with E-state index in [0.29, 0.717) is 4.47 Å². The monoisotopic (exact) mass is 490 g/mol. The van der Waals surface area contributed by atoms with Crippen LogP contribution in [0.2, 0.25) is 5.02 Å². The molecule has 0 bridgehead atoms. The zero-order valence-electron chi connectivity index (χ0n) is 14.6. The van der Waals surface area contributed by atoms with E-state index in [1.807, 2.05) is 0 Å². The number of hydrogen-bond acceptors (Lipinski definition) is 4. The van der Waals surface area contributed by atoms with Gasteiger partial charge in [0, 0.05) is 30.7 Å². The first-order valence-corrected chi connectivity index (χ1v) is 11.0. The van der Waals surface area contributed by atoms with Gasteiger partial charge in [0.15, 0.2) is 18.2 Å². The molecule has 2 aromatic carbocycles. The van der Waals surface area contributed by atoms with Crippen LogP contribution in [-0.4, -0.2) is 56.3 Å². The predicted molar refractivity (Wildman–Crippen MR) is 106 cm³/mol. The Balaban J connectivity index is 1.57. The van der Waals surface area contributed by atoms with Crippen molar-refractivity contribution in [2.24, 2.45) is 0 Å². The topological polar surface area (TPSA) is 66.9 Å². The third-order valence-electron chi connectivity index (χ3n) is 4.29. The second-order valence-electron chi connectivity index (χ2n) is 6.08. The summed E-state index contributed by atoms with van der Waals surface area (Å²) in [6.07, 6.45) is 0. The number of halogens is 3. The lowest BCUT2D eigenvalue weighted by Gasteiger charge is -2.34. The SMILES string of the molecule is O=C(COc1ccc(Br)cc1F)N1CCN(S(=O)(=O)c2ccccc2Cl)CC1. The number of ether oxygens (including phenoxy) is 1. The van der Waals surface area contributed by atoms with E-state index < -0.39 is 15.8 Å². The number of rotatable bonds is 5. The van der Waals surface area contributed by atoms with E-state index in [9.17, 15) is 17.6 Å². The van der Waals surface area contributed by atoms with Crippen molar-refractivity contribution >= 4 is 43.5 Å². The van der Waals surface area contributed by atoms with Crippen LogP contribution in [0.1, 0.15) is 0 Å². The highest BCUT2D eigenvalue weighted by atomic mass is 79.9. The Kier molecular flexibility index (Phi) is 6.59. The average molecular weight is 492 g/mol. The molecule has 0 spiro atoms. The maximum absolute atomic E-state index is 13.8. The van der Waals surface area contributed by atoms with Gasteiger partial charge in [0.05, 0.1) is 5.02 Å². The van der Waals surface area contributed by atoms with Gasteiger partial charge >= 0.3 is 0 Å². The molecule has 1 fully saturated rings. The highest BCUT2D eigenvalue weighted by Gasteiger charge is 2.31. The number of piperazine rings is 1. The summed E-state index contributed by atoms with van der Waals surface area (Å²) in [5, 5.41) is 0.158. The van der Waals surface area contributed by atoms with Crippen LogP contribution in [0.3, 0.4) is 0 Å². The predicted octanol–water partition coefficient (Wildman–Crippen LogP) is 3.15. The molecule has 0 unspecified atom stereocenters. The van der Waals surface area contributed by atoms with E-state index in [-0.39, 0.29) is 54.4 Å². The summed E-state index contributed by atoms with van der Waals surface area (Å²) >= 11 is 9.16. The summed E-state index contributed by atoms with van der Waals surface area (Å²) in [6, 6.07) is 10.5. The normalized spacial score (nSPS) is 15.5. The molecule has 2 aromatic rings. The molecule has 1 aliphatic heterocycles. The van der Waals surface area contributed by atoms with Crippen molar-refractivity contribution < 1.29 is 22.3 Å². The first kappa shape index (κ1) is 21.0. The molecule has 1 aliphatic rings. The van der Waals surface area contributed by atoms with Crippen molar-refractivity contribution in [2.75, 3.05) is 32.8 Å². The molecule has 150 valence electrons. The lowest BCUT2D eigenvalue weighted by Crippen LogP contribution is -2.51. The fraction of sp³-hybridized carbons (Fsp3) is 0.278. The Hall–Kier alpha value is -1.68. The molecule has 6 nitrogen and oxygen atoms in total. The van der Waals surface area contributed by atoms with E-state index in [0.717, 1.165) is 0 Å². The highest BCUT2D eigenvalue weighted by Crippen LogP contribution is 2.25. The zero-order valence-corrected chi connectivity index (χ0v) is 17.8. The molecule has 3 rings (SSSR count). The van der Waals surface area contributed by atoms with Crippen molar-refractivity contribution in [2.45, 2.75) is 4.90 Å². The molecule has 0 aliphatic carbocycles. The summed E-state index contributed by atoms with van der Waals surface area (Å²) in [5.74, 6) is -0.925. The van der Waals surface area contributed by atoms with E-state index in [4.69, 9.17) is 16.3 Å². The van der Waals surface area contributed by atoms with Gasteiger partial charge < -0.3 is 9.64 Å². The van der Waals surface area contributed by atoms with Gasteiger partial charge in [0.1, 0.15) is 4.90 Å². The van der Waals surface area contributed by atoms with E-state index in [1.54, 1.807) is 18.2 Å². The summed E-state index contributed by atoms with van der Waals surface area (Å²) in [7, 11) is -3.73. The maximum atomic E-state index is 13.8. The number of nitrogens with zero attached hydrogens (tertiary/aromatic N) is 2. The van der Waals surface area contributed by atoms with E-state index in [2.05, 4.69) is 15.9 Å². The Labute approximate surface area is 176 Å². The van der Waals surface area contributed by atoms with Gasteiger partial charge in [-0.25, -0.2) is 12.8 Å². The van der Waals surface area contributed by atoms with Crippen molar-refractivity contribution in [3.05, 3.63) is 57.8 Å². The molecule has 1 heterocycles. The number of carbonyl (C=O) groups excluding carboxylic acids is 1. The Morgan fingerprint density at radius 3 is 2.46 bits per heavy atom. The standard InChI is InChI=1S/C18H17BrClFN2O4S/c19-13-5-6-16(15(21)11-13)27-12-18(24)22-7-9-23(10-8-22)28(25,26)17-4-2-1-3-14(17)20/h1-6,11H,7-10,12H2. The summed E-state index contributed by atoms with van der Waals surface area (Å²) in [5.41, 5.74) is 0.